The molecule has 0 radical (unpaired) electrons. The van der Waals surface area contributed by atoms with E-state index in [1.54, 1.807) is 0 Å². The molecule has 0 aromatic carbocycles. The molecule has 3 heteroatoms. The van der Waals surface area contributed by atoms with Gasteiger partial charge in [0.1, 0.15) is 0 Å². The second-order valence-corrected chi connectivity index (χ2v) is 6.74. The molecule has 1 aliphatic carbocycles. The van der Waals surface area contributed by atoms with Crippen LogP contribution in [0.15, 0.2) is 0 Å². The topological polar surface area (TPSA) is 30.5 Å². The van der Waals surface area contributed by atoms with Crippen LogP contribution < -0.4 is 5.32 Å². The zero-order chi connectivity index (χ0) is 13.1. The summed E-state index contributed by atoms with van der Waals surface area (Å²) < 4.78 is 11.7. The minimum absolute atomic E-state index is 0.0841. The van der Waals surface area contributed by atoms with Gasteiger partial charge in [-0.2, -0.15) is 0 Å². The summed E-state index contributed by atoms with van der Waals surface area (Å²) in [6.07, 6.45) is 9.07. The van der Waals surface area contributed by atoms with E-state index in [4.69, 9.17) is 9.47 Å². The Balaban J connectivity index is 1.60. The lowest BCUT2D eigenvalue weighted by Gasteiger charge is -2.41. The number of hydrogen-bond acceptors (Lipinski definition) is 3. The third-order valence-corrected chi connectivity index (χ3v) is 5.43. The molecule has 1 saturated carbocycles. The molecule has 0 aromatic heterocycles. The van der Waals surface area contributed by atoms with Crippen molar-refractivity contribution in [3.63, 3.8) is 0 Å². The molecule has 3 aliphatic rings. The summed E-state index contributed by atoms with van der Waals surface area (Å²) >= 11 is 0. The predicted molar refractivity (Wildman–Crippen MR) is 76.3 cm³/mol. The Hall–Kier alpha value is -0.120. The van der Waals surface area contributed by atoms with E-state index in [0.29, 0.717) is 0 Å². The van der Waals surface area contributed by atoms with E-state index < -0.39 is 0 Å². The van der Waals surface area contributed by atoms with Gasteiger partial charge in [-0.25, -0.2) is 0 Å². The van der Waals surface area contributed by atoms with E-state index in [-0.39, 0.29) is 5.60 Å². The molecule has 0 bridgehead atoms. The lowest BCUT2D eigenvalue weighted by Crippen LogP contribution is -2.45. The van der Waals surface area contributed by atoms with Crippen LogP contribution in [-0.2, 0) is 9.47 Å². The fraction of sp³-hybridized carbons (Fsp3) is 1.00. The van der Waals surface area contributed by atoms with Crippen LogP contribution in [0, 0.1) is 11.8 Å². The number of hydrogen-bond donors (Lipinski definition) is 1. The average Bonchev–Trinajstić information content (AvgIpc) is 3.06. The summed E-state index contributed by atoms with van der Waals surface area (Å²) in [5.41, 5.74) is 0.0841. The first-order valence-electron chi connectivity index (χ1n) is 8.28. The van der Waals surface area contributed by atoms with Crippen molar-refractivity contribution in [1.82, 2.24) is 5.32 Å². The Morgan fingerprint density at radius 3 is 2.95 bits per heavy atom. The first-order valence-corrected chi connectivity index (χ1v) is 8.28. The highest BCUT2D eigenvalue weighted by molar-refractivity contribution is 4.96. The molecule has 4 atom stereocenters. The molecule has 19 heavy (non-hydrogen) atoms. The summed E-state index contributed by atoms with van der Waals surface area (Å²) in [7, 11) is 0. The van der Waals surface area contributed by atoms with E-state index in [2.05, 4.69) is 12.2 Å². The molecule has 2 saturated heterocycles. The molecule has 1 spiro atoms. The van der Waals surface area contributed by atoms with Crippen LogP contribution in [0.5, 0.6) is 0 Å². The summed E-state index contributed by atoms with van der Waals surface area (Å²) in [6.45, 7) is 6.12. The summed E-state index contributed by atoms with van der Waals surface area (Å²) in [5.74, 6) is 1.74. The van der Waals surface area contributed by atoms with Gasteiger partial charge in [-0.15, -0.1) is 0 Å². The lowest BCUT2D eigenvalue weighted by atomic mass is 9.76. The standard InChI is InChI=1S/C16H29NO2/c1-2-8-17-15-5-3-4-14(15)13-6-9-19-16(11-13)7-10-18-12-16/h13-15,17H,2-12H2,1H3. The lowest BCUT2D eigenvalue weighted by molar-refractivity contribution is -0.107. The van der Waals surface area contributed by atoms with Gasteiger partial charge in [0.15, 0.2) is 0 Å². The second-order valence-electron chi connectivity index (χ2n) is 6.74. The zero-order valence-corrected chi connectivity index (χ0v) is 12.3. The van der Waals surface area contributed by atoms with Gasteiger partial charge in [0.25, 0.3) is 0 Å². The van der Waals surface area contributed by atoms with Gasteiger partial charge in [-0.1, -0.05) is 13.3 Å². The van der Waals surface area contributed by atoms with Gasteiger partial charge in [0.05, 0.1) is 12.2 Å². The Labute approximate surface area is 117 Å². The average molecular weight is 267 g/mol. The van der Waals surface area contributed by atoms with Crippen LogP contribution in [0.25, 0.3) is 0 Å². The number of ether oxygens (including phenoxy) is 2. The van der Waals surface area contributed by atoms with Crippen LogP contribution >= 0.6 is 0 Å². The van der Waals surface area contributed by atoms with Crippen LogP contribution in [0.4, 0.5) is 0 Å². The maximum Gasteiger partial charge on any atom is 0.0939 e. The van der Waals surface area contributed by atoms with Crippen molar-refractivity contribution in [3.05, 3.63) is 0 Å². The van der Waals surface area contributed by atoms with Gasteiger partial charge in [0.2, 0.25) is 0 Å². The minimum Gasteiger partial charge on any atom is -0.378 e. The summed E-state index contributed by atoms with van der Waals surface area (Å²) in [5, 5.41) is 3.79. The fourth-order valence-corrected chi connectivity index (χ4v) is 4.43. The third-order valence-electron chi connectivity index (χ3n) is 5.43. The van der Waals surface area contributed by atoms with Crippen molar-refractivity contribution in [2.24, 2.45) is 11.8 Å². The van der Waals surface area contributed by atoms with Crippen LogP contribution in [-0.4, -0.2) is 38.0 Å². The van der Waals surface area contributed by atoms with Crippen molar-refractivity contribution >= 4 is 0 Å². The summed E-state index contributed by atoms with van der Waals surface area (Å²) in [4.78, 5) is 0. The predicted octanol–water partition coefficient (Wildman–Crippen LogP) is 2.74. The first kappa shape index (κ1) is 13.8. The van der Waals surface area contributed by atoms with Gasteiger partial charge in [-0.05, 0) is 50.5 Å². The Morgan fingerprint density at radius 2 is 2.16 bits per heavy atom. The molecule has 3 fully saturated rings. The van der Waals surface area contributed by atoms with Gasteiger partial charge < -0.3 is 14.8 Å². The zero-order valence-electron chi connectivity index (χ0n) is 12.3. The largest absolute Gasteiger partial charge is 0.378 e. The van der Waals surface area contributed by atoms with E-state index in [1.807, 2.05) is 0 Å². The van der Waals surface area contributed by atoms with Crippen molar-refractivity contribution in [2.45, 2.75) is 63.5 Å². The fourth-order valence-electron chi connectivity index (χ4n) is 4.43. The highest BCUT2D eigenvalue weighted by Crippen LogP contribution is 2.43. The normalized spacial score (nSPS) is 43.1. The Morgan fingerprint density at radius 1 is 1.21 bits per heavy atom. The molecule has 110 valence electrons. The molecule has 1 N–H and O–H groups in total. The number of nitrogens with one attached hydrogen (secondary N) is 1. The quantitative estimate of drug-likeness (QED) is 0.849. The minimum atomic E-state index is 0.0841. The second kappa shape index (κ2) is 6.11. The van der Waals surface area contributed by atoms with Gasteiger partial charge in [-0.3, -0.25) is 0 Å². The molecule has 4 unspecified atom stereocenters. The van der Waals surface area contributed by atoms with E-state index in [9.17, 15) is 0 Å². The molecule has 2 heterocycles. The smallest absolute Gasteiger partial charge is 0.0939 e. The molecule has 3 rings (SSSR count). The summed E-state index contributed by atoms with van der Waals surface area (Å²) in [6, 6.07) is 0.766. The molecule has 3 nitrogen and oxygen atoms in total. The number of rotatable bonds is 4. The van der Waals surface area contributed by atoms with Crippen LogP contribution in [0.1, 0.15) is 51.9 Å². The van der Waals surface area contributed by atoms with E-state index in [1.165, 1.54) is 45.1 Å². The molecular formula is C16H29NO2. The maximum atomic E-state index is 6.09. The highest BCUT2D eigenvalue weighted by Gasteiger charge is 2.45. The van der Waals surface area contributed by atoms with Crippen LogP contribution in [0.3, 0.4) is 0 Å². The maximum absolute atomic E-state index is 6.09. The van der Waals surface area contributed by atoms with Crippen LogP contribution in [0.2, 0.25) is 0 Å². The monoisotopic (exact) mass is 267 g/mol. The van der Waals surface area contributed by atoms with Crippen molar-refractivity contribution in [3.8, 4) is 0 Å². The van der Waals surface area contributed by atoms with Gasteiger partial charge >= 0.3 is 0 Å². The SMILES string of the molecule is CCCNC1CCCC1C1CCOC2(CCOC2)C1. The highest BCUT2D eigenvalue weighted by atomic mass is 16.6. The van der Waals surface area contributed by atoms with Crippen molar-refractivity contribution in [1.29, 1.82) is 0 Å². The van der Waals surface area contributed by atoms with Crippen molar-refractivity contribution in [2.75, 3.05) is 26.4 Å². The molecular weight excluding hydrogens is 238 g/mol. The van der Waals surface area contributed by atoms with Crippen molar-refractivity contribution < 1.29 is 9.47 Å². The van der Waals surface area contributed by atoms with E-state index in [0.717, 1.165) is 44.1 Å². The Kier molecular flexibility index (Phi) is 4.45. The molecule has 0 amide bonds. The van der Waals surface area contributed by atoms with Gasteiger partial charge in [0, 0.05) is 25.7 Å². The third kappa shape index (κ3) is 2.98. The molecule has 0 aromatic rings. The Bertz CT molecular complexity index is 288. The molecule has 2 aliphatic heterocycles. The van der Waals surface area contributed by atoms with E-state index >= 15 is 0 Å². The first-order chi connectivity index (χ1) is 9.33.